The minimum absolute atomic E-state index is 0.0449. The second kappa shape index (κ2) is 12.9. The molecule has 1 N–H and O–H groups in total. The van der Waals surface area contributed by atoms with Crippen molar-refractivity contribution in [2.75, 3.05) is 0 Å². The summed E-state index contributed by atoms with van der Waals surface area (Å²) in [5.41, 5.74) is 5.48. The summed E-state index contributed by atoms with van der Waals surface area (Å²) in [7, 11) is 0. The van der Waals surface area contributed by atoms with Gasteiger partial charge in [0.05, 0.1) is 5.60 Å². The first-order valence-corrected chi connectivity index (χ1v) is 12.0. The number of Topliss-reactive ketones (excluding diaryl/α,β-unsaturated/α-hetero) is 2. The number of ketones is 2. The van der Waals surface area contributed by atoms with E-state index in [2.05, 4.69) is 45.9 Å². The first-order valence-electron chi connectivity index (χ1n) is 12.0. The molecule has 178 valence electrons. The molecule has 3 heteroatoms. The van der Waals surface area contributed by atoms with Crippen LogP contribution in [0.4, 0.5) is 0 Å². The van der Waals surface area contributed by atoms with Gasteiger partial charge in [-0.25, -0.2) is 0 Å². The molecule has 3 nitrogen and oxygen atoms in total. The lowest BCUT2D eigenvalue weighted by atomic mass is 9.82. The Morgan fingerprint density at radius 3 is 1.81 bits per heavy atom. The Morgan fingerprint density at radius 1 is 0.750 bits per heavy atom. The lowest BCUT2D eigenvalue weighted by Gasteiger charge is -2.25. The Labute approximate surface area is 196 Å². The highest BCUT2D eigenvalue weighted by Crippen LogP contribution is 2.30. The molecule has 1 unspecified atom stereocenters. The average Bonchev–Trinajstić information content (AvgIpc) is 2.70. The largest absolute Gasteiger partial charge is 0.390 e. The summed E-state index contributed by atoms with van der Waals surface area (Å²) in [6.07, 6.45) is 13.5. The van der Waals surface area contributed by atoms with Crippen LogP contribution in [0.3, 0.4) is 0 Å². The molecule has 1 aliphatic rings. The van der Waals surface area contributed by atoms with Crippen LogP contribution in [0.25, 0.3) is 0 Å². The van der Waals surface area contributed by atoms with Gasteiger partial charge in [0.1, 0.15) is 0 Å². The standard InChI is InChI=1S/C29H44O3/c1-20(2)12-9-13-21(3)14-10-15-22(4)16-11-18-29(8,32)19-17-26-25(7)27(30)23(5)24(6)28(26)31/h12,14,16,32H,9-11,13,15,17-19H2,1-8H3/b21-14+,22-16+. The second-order valence-corrected chi connectivity index (χ2v) is 10.0. The number of hydrogen-bond acceptors (Lipinski definition) is 3. The predicted octanol–water partition coefficient (Wildman–Crippen LogP) is 7.52. The summed E-state index contributed by atoms with van der Waals surface area (Å²) in [6, 6.07) is 0. The molecule has 0 aromatic rings. The molecule has 0 fully saturated rings. The minimum atomic E-state index is -0.862. The van der Waals surface area contributed by atoms with Crippen molar-refractivity contribution in [2.45, 2.75) is 112 Å². The van der Waals surface area contributed by atoms with Crippen LogP contribution in [-0.4, -0.2) is 22.3 Å². The molecule has 0 aromatic carbocycles. The van der Waals surface area contributed by atoms with E-state index in [-0.39, 0.29) is 11.6 Å². The third-order valence-corrected chi connectivity index (χ3v) is 6.52. The van der Waals surface area contributed by atoms with Crippen LogP contribution >= 0.6 is 0 Å². The molecule has 1 atom stereocenters. The zero-order chi connectivity index (χ0) is 24.5. The maximum atomic E-state index is 12.6. The van der Waals surface area contributed by atoms with Crippen molar-refractivity contribution in [1.29, 1.82) is 0 Å². The zero-order valence-corrected chi connectivity index (χ0v) is 21.7. The molecule has 1 aliphatic carbocycles. The van der Waals surface area contributed by atoms with Crippen molar-refractivity contribution in [2.24, 2.45) is 0 Å². The average molecular weight is 441 g/mol. The number of rotatable bonds is 12. The minimum Gasteiger partial charge on any atom is -0.390 e. The smallest absolute Gasteiger partial charge is 0.185 e. The number of allylic oxidation sites excluding steroid dienone is 10. The zero-order valence-electron chi connectivity index (χ0n) is 21.7. The number of hydrogen-bond donors (Lipinski definition) is 1. The fraction of sp³-hybridized carbons (Fsp3) is 0.586. The Morgan fingerprint density at radius 2 is 1.25 bits per heavy atom. The van der Waals surface area contributed by atoms with E-state index in [1.807, 2.05) is 6.92 Å². The topological polar surface area (TPSA) is 54.4 Å². The molecular formula is C29H44O3. The van der Waals surface area contributed by atoms with Crippen molar-refractivity contribution in [3.63, 3.8) is 0 Å². The van der Waals surface area contributed by atoms with Crippen molar-refractivity contribution < 1.29 is 14.7 Å². The van der Waals surface area contributed by atoms with Crippen molar-refractivity contribution in [1.82, 2.24) is 0 Å². The lowest BCUT2D eigenvalue weighted by molar-refractivity contribution is -0.116. The van der Waals surface area contributed by atoms with Gasteiger partial charge in [0.2, 0.25) is 0 Å². The fourth-order valence-electron chi connectivity index (χ4n) is 3.94. The van der Waals surface area contributed by atoms with Gasteiger partial charge in [-0.1, -0.05) is 34.9 Å². The first-order chi connectivity index (χ1) is 14.9. The summed E-state index contributed by atoms with van der Waals surface area (Å²) < 4.78 is 0. The van der Waals surface area contributed by atoms with Gasteiger partial charge in [0, 0.05) is 22.3 Å². The SMILES string of the molecule is CC(C)=CCC/C(C)=C/CC/C(C)=C/CCC(C)(O)CCC1=C(C)C(=O)C(C)=C(C)C1=O. The highest BCUT2D eigenvalue weighted by molar-refractivity contribution is 6.24. The van der Waals surface area contributed by atoms with E-state index in [0.717, 1.165) is 32.1 Å². The Balaban J connectivity index is 2.49. The lowest BCUT2D eigenvalue weighted by Crippen LogP contribution is -2.26. The molecule has 1 rings (SSSR count). The molecule has 0 bridgehead atoms. The van der Waals surface area contributed by atoms with Crippen LogP contribution in [0.1, 0.15) is 107 Å². The summed E-state index contributed by atoms with van der Waals surface area (Å²) >= 11 is 0. The molecule has 0 amide bonds. The van der Waals surface area contributed by atoms with Crippen LogP contribution in [0.15, 0.2) is 57.2 Å². The van der Waals surface area contributed by atoms with Crippen molar-refractivity contribution in [3.8, 4) is 0 Å². The summed E-state index contributed by atoms with van der Waals surface area (Å²) in [4.78, 5) is 24.9. The summed E-state index contributed by atoms with van der Waals surface area (Å²) in [5, 5.41) is 10.8. The van der Waals surface area contributed by atoms with Crippen molar-refractivity contribution >= 4 is 11.6 Å². The third kappa shape index (κ3) is 9.24. The van der Waals surface area contributed by atoms with Gasteiger partial charge in [-0.3, -0.25) is 9.59 Å². The molecule has 0 spiro atoms. The predicted molar refractivity (Wildman–Crippen MR) is 136 cm³/mol. The highest BCUT2D eigenvalue weighted by atomic mass is 16.3. The Hall–Kier alpha value is -2.00. The number of carbonyl (C=O) groups is 2. The van der Waals surface area contributed by atoms with Gasteiger partial charge < -0.3 is 5.11 Å². The van der Waals surface area contributed by atoms with Gasteiger partial charge in [-0.2, -0.15) is 0 Å². The Kier molecular flexibility index (Phi) is 11.3. The fourth-order valence-corrected chi connectivity index (χ4v) is 3.94. The quantitative estimate of drug-likeness (QED) is 0.252. The molecule has 32 heavy (non-hydrogen) atoms. The van der Waals surface area contributed by atoms with E-state index >= 15 is 0 Å². The molecule has 0 aromatic heterocycles. The normalized spacial score (nSPS) is 17.8. The number of aliphatic hydroxyl groups is 1. The van der Waals surface area contributed by atoms with Crippen LogP contribution in [-0.2, 0) is 9.59 Å². The van der Waals surface area contributed by atoms with Crippen molar-refractivity contribution in [3.05, 3.63) is 57.2 Å². The Bertz CT molecular complexity index is 853. The summed E-state index contributed by atoms with van der Waals surface area (Å²) in [6.45, 7) is 15.6. The maximum Gasteiger partial charge on any atom is 0.185 e. The molecule has 0 aliphatic heterocycles. The van der Waals surface area contributed by atoms with E-state index < -0.39 is 5.60 Å². The van der Waals surface area contributed by atoms with Crippen LogP contribution < -0.4 is 0 Å². The first kappa shape index (κ1) is 28.0. The van der Waals surface area contributed by atoms with Gasteiger partial charge >= 0.3 is 0 Å². The van der Waals surface area contributed by atoms with E-state index in [1.54, 1.807) is 20.8 Å². The van der Waals surface area contributed by atoms with Crippen LogP contribution in [0, 0.1) is 0 Å². The van der Waals surface area contributed by atoms with Crippen LogP contribution in [0.5, 0.6) is 0 Å². The van der Waals surface area contributed by atoms with Gasteiger partial charge in [-0.05, 0) is 107 Å². The van der Waals surface area contributed by atoms with E-state index in [9.17, 15) is 14.7 Å². The van der Waals surface area contributed by atoms with E-state index in [0.29, 0.717) is 41.6 Å². The second-order valence-electron chi connectivity index (χ2n) is 10.0. The van der Waals surface area contributed by atoms with E-state index in [1.165, 1.54) is 16.7 Å². The third-order valence-electron chi connectivity index (χ3n) is 6.52. The molecular weight excluding hydrogens is 396 g/mol. The molecule has 0 heterocycles. The molecule has 0 saturated heterocycles. The molecule has 0 radical (unpaired) electrons. The maximum absolute atomic E-state index is 12.6. The van der Waals surface area contributed by atoms with Crippen LogP contribution in [0.2, 0.25) is 0 Å². The van der Waals surface area contributed by atoms with Gasteiger partial charge in [-0.15, -0.1) is 0 Å². The van der Waals surface area contributed by atoms with E-state index in [4.69, 9.17) is 0 Å². The summed E-state index contributed by atoms with van der Waals surface area (Å²) in [5.74, 6) is -0.0909. The monoisotopic (exact) mass is 440 g/mol. The highest BCUT2D eigenvalue weighted by Gasteiger charge is 2.29. The van der Waals surface area contributed by atoms with Gasteiger partial charge in [0.25, 0.3) is 0 Å². The van der Waals surface area contributed by atoms with Gasteiger partial charge in [0.15, 0.2) is 11.6 Å². The number of carbonyl (C=O) groups excluding carboxylic acids is 2. The molecule has 0 saturated carbocycles.